The van der Waals surface area contributed by atoms with Gasteiger partial charge in [-0.25, -0.2) is 14.2 Å². The van der Waals surface area contributed by atoms with Crippen LogP contribution in [-0.2, 0) is 0 Å². The summed E-state index contributed by atoms with van der Waals surface area (Å²) in [5.41, 5.74) is 0.584. The average Bonchev–Trinajstić information content (AvgIpc) is 2.41. The fourth-order valence-corrected chi connectivity index (χ4v) is 2.13. The van der Waals surface area contributed by atoms with Crippen LogP contribution >= 0.6 is 11.6 Å². The van der Waals surface area contributed by atoms with Crippen molar-refractivity contribution in [3.8, 4) is 0 Å². The zero-order valence-corrected chi connectivity index (χ0v) is 11.4. The van der Waals surface area contributed by atoms with E-state index in [0.717, 1.165) is 17.8 Å². The van der Waals surface area contributed by atoms with Gasteiger partial charge in [-0.3, -0.25) is 0 Å². The molecule has 1 aromatic carbocycles. The van der Waals surface area contributed by atoms with Crippen molar-refractivity contribution >= 4 is 23.4 Å². The summed E-state index contributed by atoms with van der Waals surface area (Å²) in [6.45, 7) is 1.82. The third-order valence-corrected chi connectivity index (χ3v) is 3.15. The number of aromatic nitrogens is 1. The predicted octanol–water partition coefficient (Wildman–Crippen LogP) is 3.75. The minimum absolute atomic E-state index is 0.103. The van der Waals surface area contributed by atoms with Crippen LogP contribution in [0, 0.1) is 5.82 Å². The van der Waals surface area contributed by atoms with Crippen LogP contribution in [0.5, 0.6) is 0 Å². The summed E-state index contributed by atoms with van der Waals surface area (Å²) in [5, 5.41) is 12.6. The Morgan fingerprint density at radius 2 is 2.15 bits per heavy atom. The smallest absolute Gasteiger partial charge is 0.339 e. The minimum atomic E-state index is -1.24. The lowest BCUT2D eigenvalue weighted by atomic mass is 10.1. The Hall–Kier alpha value is -2.14. The van der Waals surface area contributed by atoms with E-state index in [0.29, 0.717) is 5.02 Å². The number of hydrogen-bond donors (Lipinski definition) is 2. The summed E-state index contributed by atoms with van der Waals surface area (Å²) < 4.78 is 13.1. The topological polar surface area (TPSA) is 62.2 Å². The van der Waals surface area contributed by atoms with Crippen LogP contribution in [0.4, 0.5) is 10.2 Å². The first-order valence-corrected chi connectivity index (χ1v) is 6.26. The number of benzene rings is 1. The SMILES string of the molecule is CC(Nc1ncc(F)cc1C(=O)O)c1ccccc1Cl. The Labute approximate surface area is 120 Å². The monoisotopic (exact) mass is 294 g/mol. The van der Waals surface area contributed by atoms with Crippen LogP contribution in [-0.4, -0.2) is 16.1 Å². The molecule has 0 amide bonds. The Balaban J connectivity index is 2.31. The second kappa shape index (κ2) is 5.88. The van der Waals surface area contributed by atoms with Crippen LogP contribution in [0.3, 0.4) is 0 Å². The maximum atomic E-state index is 13.1. The molecule has 0 saturated carbocycles. The number of pyridine rings is 1. The molecule has 1 heterocycles. The predicted molar refractivity (Wildman–Crippen MR) is 74.6 cm³/mol. The highest BCUT2D eigenvalue weighted by Crippen LogP contribution is 2.26. The minimum Gasteiger partial charge on any atom is -0.478 e. The van der Waals surface area contributed by atoms with Crippen LogP contribution in [0.15, 0.2) is 36.5 Å². The molecule has 6 heteroatoms. The highest BCUT2D eigenvalue weighted by Gasteiger charge is 2.16. The number of rotatable bonds is 4. The van der Waals surface area contributed by atoms with Gasteiger partial charge in [0.15, 0.2) is 0 Å². The fraction of sp³-hybridized carbons (Fsp3) is 0.143. The number of aromatic carboxylic acids is 1. The third-order valence-electron chi connectivity index (χ3n) is 2.81. The molecule has 2 rings (SSSR count). The Bertz CT molecular complexity index is 649. The van der Waals surface area contributed by atoms with Gasteiger partial charge in [-0.05, 0) is 24.6 Å². The van der Waals surface area contributed by atoms with Crippen molar-refractivity contribution in [3.63, 3.8) is 0 Å². The van der Waals surface area contributed by atoms with Gasteiger partial charge in [-0.1, -0.05) is 29.8 Å². The summed E-state index contributed by atoms with van der Waals surface area (Å²) in [5.74, 6) is -1.84. The lowest BCUT2D eigenvalue weighted by Gasteiger charge is -2.17. The van der Waals surface area contributed by atoms with E-state index < -0.39 is 11.8 Å². The molecule has 0 saturated heterocycles. The molecule has 1 unspecified atom stereocenters. The molecule has 0 bridgehead atoms. The number of carboxylic acid groups (broad SMARTS) is 1. The summed E-state index contributed by atoms with van der Waals surface area (Å²) in [6, 6.07) is 7.86. The first-order valence-electron chi connectivity index (χ1n) is 5.89. The quantitative estimate of drug-likeness (QED) is 0.901. The van der Waals surface area contributed by atoms with Crippen molar-refractivity contribution in [3.05, 3.63) is 58.5 Å². The van der Waals surface area contributed by atoms with Gasteiger partial charge in [0.25, 0.3) is 0 Å². The van der Waals surface area contributed by atoms with Crippen LogP contribution in [0.2, 0.25) is 5.02 Å². The van der Waals surface area contributed by atoms with Crippen molar-refractivity contribution in [2.24, 2.45) is 0 Å². The van der Waals surface area contributed by atoms with E-state index >= 15 is 0 Å². The van der Waals surface area contributed by atoms with Crippen molar-refractivity contribution in [2.45, 2.75) is 13.0 Å². The lowest BCUT2D eigenvalue weighted by Crippen LogP contribution is -2.13. The molecule has 0 aliphatic rings. The van der Waals surface area contributed by atoms with Gasteiger partial charge in [-0.15, -0.1) is 0 Å². The average molecular weight is 295 g/mol. The first kappa shape index (κ1) is 14.3. The molecular weight excluding hydrogens is 283 g/mol. The van der Waals surface area contributed by atoms with E-state index in [4.69, 9.17) is 16.7 Å². The second-order valence-electron chi connectivity index (χ2n) is 4.24. The summed E-state index contributed by atoms with van der Waals surface area (Å²) in [4.78, 5) is 14.9. The van der Waals surface area contributed by atoms with E-state index in [9.17, 15) is 9.18 Å². The maximum absolute atomic E-state index is 13.1. The number of carboxylic acids is 1. The van der Waals surface area contributed by atoms with Crippen LogP contribution < -0.4 is 5.32 Å². The second-order valence-corrected chi connectivity index (χ2v) is 4.65. The van der Waals surface area contributed by atoms with Gasteiger partial charge in [-0.2, -0.15) is 0 Å². The van der Waals surface area contributed by atoms with Crippen molar-refractivity contribution in [2.75, 3.05) is 5.32 Å². The molecule has 4 nitrogen and oxygen atoms in total. The summed E-state index contributed by atoms with van der Waals surface area (Å²) in [7, 11) is 0. The van der Waals surface area contributed by atoms with Gasteiger partial charge in [0.1, 0.15) is 17.2 Å². The number of hydrogen-bond acceptors (Lipinski definition) is 3. The van der Waals surface area contributed by atoms with Gasteiger partial charge >= 0.3 is 5.97 Å². The van der Waals surface area contributed by atoms with Gasteiger partial charge < -0.3 is 10.4 Å². The molecule has 0 spiro atoms. The molecule has 2 aromatic rings. The van der Waals surface area contributed by atoms with Crippen molar-refractivity contribution in [1.82, 2.24) is 4.98 Å². The number of nitrogens with zero attached hydrogens (tertiary/aromatic N) is 1. The number of anilines is 1. The Morgan fingerprint density at radius 3 is 2.80 bits per heavy atom. The third kappa shape index (κ3) is 3.05. The molecule has 0 aliphatic heterocycles. The van der Waals surface area contributed by atoms with Crippen molar-refractivity contribution < 1.29 is 14.3 Å². The molecule has 20 heavy (non-hydrogen) atoms. The molecule has 1 aromatic heterocycles. The molecule has 0 radical (unpaired) electrons. The van der Waals surface area contributed by atoms with Crippen LogP contribution in [0.1, 0.15) is 28.9 Å². The van der Waals surface area contributed by atoms with E-state index in [1.54, 1.807) is 12.1 Å². The van der Waals surface area contributed by atoms with Gasteiger partial charge in [0, 0.05) is 5.02 Å². The van der Waals surface area contributed by atoms with E-state index in [2.05, 4.69) is 10.3 Å². The van der Waals surface area contributed by atoms with E-state index in [1.165, 1.54) is 0 Å². The highest BCUT2D eigenvalue weighted by molar-refractivity contribution is 6.31. The standard InChI is InChI=1S/C14H12ClFN2O2/c1-8(10-4-2-3-5-12(10)15)18-13-11(14(19)20)6-9(16)7-17-13/h2-8H,1H3,(H,17,18)(H,19,20). The highest BCUT2D eigenvalue weighted by atomic mass is 35.5. The van der Waals surface area contributed by atoms with Gasteiger partial charge in [0.2, 0.25) is 0 Å². The molecule has 104 valence electrons. The number of carbonyl (C=O) groups is 1. The zero-order chi connectivity index (χ0) is 14.7. The van der Waals surface area contributed by atoms with E-state index in [1.807, 2.05) is 19.1 Å². The lowest BCUT2D eigenvalue weighted by molar-refractivity contribution is 0.0697. The van der Waals surface area contributed by atoms with E-state index in [-0.39, 0.29) is 17.4 Å². The normalized spacial score (nSPS) is 11.9. The van der Waals surface area contributed by atoms with Gasteiger partial charge in [0.05, 0.1) is 12.2 Å². The number of nitrogens with one attached hydrogen (secondary N) is 1. The van der Waals surface area contributed by atoms with Crippen molar-refractivity contribution in [1.29, 1.82) is 0 Å². The first-order chi connectivity index (χ1) is 9.49. The van der Waals surface area contributed by atoms with Crippen LogP contribution in [0.25, 0.3) is 0 Å². The Kier molecular flexibility index (Phi) is 4.20. The maximum Gasteiger partial charge on any atom is 0.339 e. The summed E-state index contributed by atoms with van der Waals surface area (Å²) in [6.07, 6.45) is 0.966. The number of halogens is 2. The molecular formula is C14H12ClFN2O2. The Morgan fingerprint density at radius 1 is 1.45 bits per heavy atom. The molecule has 2 N–H and O–H groups in total. The fourth-order valence-electron chi connectivity index (χ4n) is 1.83. The molecule has 0 fully saturated rings. The molecule has 1 atom stereocenters. The molecule has 0 aliphatic carbocycles. The summed E-state index contributed by atoms with van der Waals surface area (Å²) >= 11 is 6.08. The largest absolute Gasteiger partial charge is 0.478 e. The zero-order valence-electron chi connectivity index (χ0n) is 10.6.